The van der Waals surface area contributed by atoms with E-state index in [1.165, 1.54) is 6.08 Å². The van der Waals surface area contributed by atoms with Crippen LogP contribution in [0.2, 0.25) is 0 Å². The third kappa shape index (κ3) is 889. The van der Waals surface area contributed by atoms with Crippen LogP contribution < -0.4 is 0 Å². The van der Waals surface area contributed by atoms with Crippen molar-refractivity contribution >= 4 is 6.47 Å². The predicted octanol–water partition coefficient (Wildman–Crippen LogP) is 0.616. The van der Waals surface area contributed by atoms with Crippen LogP contribution in [0.25, 0.3) is 0 Å². The molecule has 0 bridgehead atoms. The van der Waals surface area contributed by atoms with Gasteiger partial charge in [-0.3, -0.25) is 0 Å². The van der Waals surface area contributed by atoms with Crippen molar-refractivity contribution in [2.24, 2.45) is 0 Å². The molecule has 0 saturated heterocycles. The molecule has 0 radical (unpaired) electrons. The molecule has 0 saturated carbocycles. The fourth-order valence-electron chi connectivity index (χ4n) is 0. The average Bonchev–Trinajstić information content (AvgIpc) is 1.39. The second-order valence-corrected chi connectivity index (χ2v) is 0.380. The summed E-state index contributed by atoms with van der Waals surface area (Å²) < 4.78 is 0. The molecule has 0 unspecified atom stereocenters. The average molecular weight is 151 g/mol. The first-order valence-corrected chi connectivity index (χ1v) is 1.24. The van der Waals surface area contributed by atoms with Crippen molar-refractivity contribution in [3.63, 3.8) is 0 Å². The Hall–Kier alpha value is -0.297. The topological polar surface area (TPSA) is 37.3 Å². The Labute approximate surface area is 56.0 Å². The van der Waals surface area contributed by atoms with Crippen LogP contribution >= 0.6 is 0 Å². The largest absolute Gasteiger partial charge is 2.00 e. The molecule has 7 heavy (non-hydrogen) atoms. The van der Waals surface area contributed by atoms with Crippen molar-refractivity contribution < 1.29 is 29.4 Å². The maximum Gasteiger partial charge on any atom is 2.00 e. The van der Waals surface area contributed by atoms with Crippen molar-refractivity contribution in [2.75, 3.05) is 0 Å². The van der Waals surface area contributed by atoms with Gasteiger partial charge in [0.15, 0.2) is 0 Å². The summed E-state index contributed by atoms with van der Waals surface area (Å²) in [6.07, 6.45) is 1.50. The molecule has 0 heterocycles. The van der Waals surface area contributed by atoms with Gasteiger partial charge in [0, 0.05) is 0 Å². The van der Waals surface area contributed by atoms with Gasteiger partial charge in [0.2, 0.25) is 0 Å². The molecule has 0 rings (SSSR count). The van der Waals surface area contributed by atoms with Crippen LogP contribution in [0.15, 0.2) is 12.7 Å². The van der Waals surface area contributed by atoms with Gasteiger partial charge in [-0.1, -0.05) is 6.47 Å². The summed E-state index contributed by atoms with van der Waals surface area (Å²) in [6, 6.07) is 0. The van der Waals surface area contributed by atoms with E-state index in [9.17, 15) is 0 Å². The van der Waals surface area contributed by atoms with Crippen LogP contribution in [-0.2, 0) is 24.3 Å². The zero-order valence-corrected chi connectivity index (χ0v) is 7.02. The van der Waals surface area contributed by atoms with Gasteiger partial charge < -0.3 is 9.90 Å². The van der Waals surface area contributed by atoms with Gasteiger partial charge in [-0.25, -0.2) is 19.6 Å². The standard InChI is InChI=1S/C3H5.CHO2.Zn/c1-3-2;2-1-3;/h3H,1-2H2;(H,2,3);/q2*-1;+2. The summed E-state index contributed by atoms with van der Waals surface area (Å²) in [5.74, 6) is 0. The predicted molar refractivity (Wildman–Crippen MR) is 23.9 cm³/mol. The molecule has 0 spiro atoms. The Morgan fingerprint density at radius 1 is 1.86 bits per heavy atom. The van der Waals surface area contributed by atoms with Crippen LogP contribution in [0.5, 0.6) is 0 Å². The van der Waals surface area contributed by atoms with E-state index in [2.05, 4.69) is 13.5 Å². The van der Waals surface area contributed by atoms with Crippen LogP contribution in [0, 0.1) is 6.92 Å². The third-order valence-electron chi connectivity index (χ3n) is 0. The Morgan fingerprint density at radius 2 is 1.86 bits per heavy atom. The Kier molecular flexibility index (Phi) is 98.8. The molecule has 0 aliphatic carbocycles. The minimum Gasteiger partial charge on any atom is -0.665 e. The molecule has 0 fully saturated rings. The van der Waals surface area contributed by atoms with Crippen LogP contribution in [0.1, 0.15) is 0 Å². The minimum absolute atomic E-state index is 0. The molecule has 0 aliphatic rings. The summed E-state index contributed by atoms with van der Waals surface area (Å²) in [5.41, 5.74) is 0. The van der Waals surface area contributed by atoms with Crippen LogP contribution in [-0.4, -0.2) is 11.6 Å². The summed E-state index contributed by atoms with van der Waals surface area (Å²) in [7, 11) is 0. The van der Waals surface area contributed by atoms with E-state index in [-0.39, 0.29) is 19.5 Å². The van der Waals surface area contributed by atoms with Gasteiger partial charge in [0.1, 0.15) is 0 Å². The van der Waals surface area contributed by atoms with Crippen LogP contribution in [0.3, 0.4) is 0 Å². The van der Waals surface area contributed by atoms with Crippen LogP contribution in [0.4, 0.5) is 0 Å². The maximum absolute atomic E-state index is 8.24. The van der Waals surface area contributed by atoms with Gasteiger partial charge in [0.25, 0.3) is 0 Å². The van der Waals surface area contributed by atoms with Crippen molar-refractivity contribution in [2.45, 2.75) is 0 Å². The summed E-state index contributed by atoms with van der Waals surface area (Å²) in [5, 5.41) is 6.76. The van der Waals surface area contributed by atoms with Crippen molar-refractivity contribution in [1.82, 2.24) is 0 Å². The molecular formula is C4H6O2Zn. The molecule has 2 nitrogen and oxygen atoms in total. The Morgan fingerprint density at radius 3 is 1.86 bits per heavy atom. The molecule has 0 aromatic heterocycles. The van der Waals surface area contributed by atoms with E-state index in [1.54, 1.807) is 0 Å². The fourth-order valence-corrected chi connectivity index (χ4v) is 0. The molecular weight excluding hydrogens is 145 g/mol. The molecule has 0 aromatic carbocycles. The van der Waals surface area contributed by atoms with E-state index in [0.29, 0.717) is 6.47 Å². The summed E-state index contributed by atoms with van der Waals surface area (Å²) in [6.45, 7) is 7.00. The van der Waals surface area contributed by atoms with Gasteiger partial charge in [0.05, 0.1) is 0 Å². The second-order valence-electron chi connectivity index (χ2n) is 0.380. The fraction of sp³-hybridized carbons (Fsp3) is 0. The third-order valence-corrected chi connectivity index (χ3v) is 0. The second kappa shape index (κ2) is 43.5. The van der Waals surface area contributed by atoms with E-state index in [1.807, 2.05) is 0 Å². The maximum atomic E-state index is 8.24. The quantitative estimate of drug-likeness (QED) is 0.407. The van der Waals surface area contributed by atoms with E-state index in [0.717, 1.165) is 0 Å². The summed E-state index contributed by atoms with van der Waals surface area (Å²) >= 11 is 0. The van der Waals surface area contributed by atoms with Gasteiger partial charge in [-0.2, -0.15) is 0 Å². The van der Waals surface area contributed by atoms with Gasteiger partial charge in [-0.05, 0) is 0 Å². The zero-order chi connectivity index (χ0) is 5.41. The monoisotopic (exact) mass is 150 g/mol. The SMILES string of the molecule is C=C[CH2-].O=[C-]O.[Zn+2]. The number of hydrogen-bond donors (Lipinski definition) is 1. The molecule has 3 heteroatoms. The zero-order valence-electron chi connectivity index (χ0n) is 4.05. The first-order chi connectivity index (χ1) is 2.83. The van der Waals surface area contributed by atoms with E-state index < -0.39 is 0 Å². The number of allylic oxidation sites excluding steroid dienone is 1. The molecule has 0 atom stereocenters. The Bertz CT molecular complexity index is 30.7. The summed E-state index contributed by atoms with van der Waals surface area (Å²) in [4.78, 5) is 8.24. The van der Waals surface area contributed by atoms with E-state index in [4.69, 9.17) is 9.90 Å². The molecule has 0 aliphatic heterocycles. The van der Waals surface area contributed by atoms with E-state index >= 15 is 0 Å². The molecule has 0 amide bonds. The normalized spacial score (nSPS) is 3.43. The van der Waals surface area contributed by atoms with Crippen molar-refractivity contribution in [3.05, 3.63) is 19.6 Å². The number of aliphatic hydroxyl groups excluding tert-OH is 1. The molecule has 0 aromatic rings. The minimum atomic E-state index is 0. The van der Waals surface area contributed by atoms with Gasteiger partial charge in [-0.15, -0.1) is 0 Å². The first kappa shape index (κ1) is 15.9. The molecule has 36 valence electrons. The smallest absolute Gasteiger partial charge is 0.665 e. The Balaban J connectivity index is -0.0000000400. The van der Waals surface area contributed by atoms with Gasteiger partial charge >= 0.3 is 19.5 Å². The molecule has 1 N–H and O–H groups in total. The number of hydrogen-bond acceptors (Lipinski definition) is 1. The number of rotatable bonds is 0. The van der Waals surface area contributed by atoms with Crippen molar-refractivity contribution in [1.29, 1.82) is 0 Å². The first-order valence-electron chi connectivity index (χ1n) is 1.24. The van der Waals surface area contributed by atoms with Crippen molar-refractivity contribution in [3.8, 4) is 0 Å².